The molecular weight excluding hydrogens is 484 g/mol. The first-order valence-electron chi connectivity index (χ1n) is 15.5. The van der Waals surface area contributed by atoms with Crippen molar-refractivity contribution in [3.63, 3.8) is 0 Å². The van der Waals surface area contributed by atoms with Crippen LogP contribution in [0.1, 0.15) is 77.7 Å². The number of fused-ring (bicyclic) bond motifs is 4. The Labute approximate surface area is 235 Å². The Hall–Kier alpha value is -2.14. The average Bonchev–Trinajstić information content (AvgIpc) is 3.40. The van der Waals surface area contributed by atoms with E-state index in [0.29, 0.717) is 11.8 Å². The molecule has 0 bridgehead atoms. The molecule has 9 atom stereocenters. The Balaban J connectivity index is 1.17. The fourth-order valence-corrected chi connectivity index (χ4v) is 10.4. The molecule has 4 aliphatic carbocycles. The van der Waals surface area contributed by atoms with E-state index in [0.717, 1.165) is 54.5 Å². The Morgan fingerprint density at radius 2 is 1.82 bits per heavy atom. The molecule has 1 aromatic carbocycles. The van der Waals surface area contributed by atoms with Crippen LogP contribution < -0.4 is 0 Å². The summed E-state index contributed by atoms with van der Waals surface area (Å²) in [6.45, 7) is 7.73. The summed E-state index contributed by atoms with van der Waals surface area (Å²) in [7, 11) is 4.27. The first kappa shape index (κ1) is 27.1. The minimum Gasteiger partial charge on any atom is -0.452 e. The second kappa shape index (κ2) is 10.0. The number of hydrogen-bond donors (Lipinski definition) is 0. The van der Waals surface area contributed by atoms with Gasteiger partial charge in [0, 0.05) is 39.0 Å². The van der Waals surface area contributed by atoms with Gasteiger partial charge in [0.2, 0.25) is 0 Å². The minimum atomic E-state index is -0.773. The van der Waals surface area contributed by atoms with Gasteiger partial charge in [0.15, 0.2) is 6.10 Å². The van der Waals surface area contributed by atoms with E-state index in [-0.39, 0.29) is 17.4 Å². The summed E-state index contributed by atoms with van der Waals surface area (Å²) in [4.78, 5) is 30.1. The highest BCUT2D eigenvalue weighted by molar-refractivity contribution is 5.84. The van der Waals surface area contributed by atoms with E-state index in [1.165, 1.54) is 45.6 Å². The molecule has 1 saturated heterocycles. The van der Waals surface area contributed by atoms with Crippen molar-refractivity contribution in [2.45, 2.75) is 96.7 Å². The highest BCUT2D eigenvalue weighted by atomic mass is 16.5. The average molecular weight is 533 g/mol. The zero-order valence-corrected chi connectivity index (χ0v) is 24.7. The number of likely N-dealkylation sites (N-methyl/N-ethyl adjacent to an activating group) is 1. The smallest absolute Gasteiger partial charge is 0.303 e. The van der Waals surface area contributed by atoms with Gasteiger partial charge in [-0.25, -0.2) is 0 Å². The molecule has 5 aliphatic rings. The zero-order valence-electron chi connectivity index (χ0n) is 24.7. The zero-order chi connectivity index (χ0) is 27.5. The molecule has 0 N–H and O–H groups in total. The van der Waals surface area contributed by atoms with Crippen LogP contribution in [0.15, 0.2) is 42.0 Å². The number of carbonyl (C=O) groups is 2. The molecule has 5 nitrogen and oxygen atoms in total. The standard InChI is InChI=1S/C34H48N2O3/c1-22-28-13-14-30-27-12-11-25-20-26(15-17-33(25,3)29(27)16-18-34(28,30)21-35(22)4)36(5)32(38)31(39-23(2)37)19-24-9-7-6-8-10-24/h6-11,22,26-31H,12-21H2,1-5H3. The second-order valence-electron chi connectivity index (χ2n) is 14.0. The summed E-state index contributed by atoms with van der Waals surface area (Å²) in [5.41, 5.74) is 3.42. The molecule has 6 rings (SSSR count). The van der Waals surface area contributed by atoms with Crippen LogP contribution in [0.25, 0.3) is 0 Å². The molecule has 1 heterocycles. The van der Waals surface area contributed by atoms with Crippen molar-refractivity contribution in [3.05, 3.63) is 47.5 Å². The van der Waals surface area contributed by atoms with Gasteiger partial charge >= 0.3 is 5.97 Å². The van der Waals surface area contributed by atoms with E-state index < -0.39 is 12.1 Å². The van der Waals surface area contributed by atoms with Crippen molar-refractivity contribution >= 4 is 11.9 Å². The summed E-state index contributed by atoms with van der Waals surface area (Å²) < 4.78 is 5.57. The molecule has 4 fully saturated rings. The van der Waals surface area contributed by atoms with Crippen LogP contribution in [0.4, 0.5) is 0 Å². The van der Waals surface area contributed by atoms with Crippen LogP contribution in [-0.2, 0) is 20.7 Å². The van der Waals surface area contributed by atoms with Crippen molar-refractivity contribution in [1.29, 1.82) is 0 Å². The van der Waals surface area contributed by atoms with Crippen LogP contribution in [0.2, 0.25) is 0 Å². The fourth-order valence-electron chi connectivity index (χ4n) is 10.4. The maximum absolute atomic E-state index is 13.7. The number of esters is 1. The predicted molar refractivity (Wildman–Crippen MR) is 154 cm³/mol. The maximum atomic E-state index is 13.7. The Kier molecular flexibility index (Phi) is 6.97. The van der Waals surface area contributed by atoms with Crippen LogP contribution in [-0.4, -0.2) is 60.5 Å². The highest BCUT2D eigenvalue weighted by Crippen LogP contribution is 2.68. The van der Waals surface area contributed by atoms with Gasteiger partial charge in [0.25, 0.3) is 5.91 Å². The van der Waals surface area contributed by atoms with E-state index in [1.807, 2.05) is 42.3 Å². The molecule has 1 aromatic rings. The van der Waals surface area contributed by atoms with Crippen LogP contribution in [0.3, 0.4) is 0 Å². The monoisotopic (exact) mass is 532 g/mol. The largest absolute Gasteiger partial charge is 0.452 e. The molecule has 1 spiro atoms. The summed E-state index contributed by atoms with van der Waals surface area (Å²) >= 11 is 0. The minimum absolute atomic E-state index is 0.0759. The van der Waals surface area contributed by atoms with E-state index in [2.05, 4.69) is 31.9 Å². The lowest BCUT2D eigenvalue weighted by Gasteiger charge is -2.58. The Bertz CT molecular complexity index is 1130. The lowest BCUT2D eigenvalue weighted by Crippen LogP contribution is -2.53. The first-order valence-corrected chi connectivity index (χ1v) is 15.5. The van der Waals surface area contributed by atoms with E-state index in [4.69, 9.17) is 4.74 Å². The molecule has 39 heavy (non-hydrogen) atoms. The summed E-state index contributed by atoms with van der Waals surface area (Å²) in [5, 5.41) is 0. The van der Waals surface area contributed by atoms with Gasteiger partial charge in [-0.05, 0) is 105 Å². The molecule has 9 unspecified atom stereocenters. The molecule has 3 saturated carbocycles. The van der Waals surface area contributed by atoms with Gasteiger partial charge in [-0.1, -0.05) is 48.9 Å². The number of likely N-dealkylation sites (tertiary alicyclic amines) is 1. The van der Waals surface area contributed by atoms with E-state index >= 15 is 0 Å². The molecule has 0 radical (unpaired) electrons. The first-order chi connectivity index (χ1) is 18.6. The van der Waals surface area contributed by atoms with E-state index in [1.54, 1.807) is 5.57 Å². The van der Waals surface area contributed by atoms with Gasteiger partial charge in [-0.3, -0.25) is 9.59 Å². The summed E-state index contributed by atoms with van der Waals surface area (Å²) in [6, 6.07) is 10.8. The van der Waals surface area contributed by atoms with Crippen molar-refractivity contribution in [3.8, 4) is 0 Å². The lowest BCUT2D eigenvalue weighted by molar-refractivity contribution is -0.159. The quantitative estimate of drug-likeness (QED) is 0.351. The number of benzene rings is 1. The summed E-state index contributed by atoms with van der Waals surface area (Å²) in [6.07, 6.45) is 12.2. The topological polar surface area (TPSA) is 49.9 Å². The third kappa shape index (κ3) is 4.38. The van der Waals surface area contributed by atoms with Gasteiger partial charge in [0.1, 0.15) is 0 Å². The summed E-state index contributed by atoms with van der Waals surface area (Å²) in [5.74, 6) is 2.90. The SMILES string of the molecule is CC(=O)OC(Cc1ccccc1)C(=O)N(C)C1CCC2(C)C(=CCC3C2CCC24CN(C)C(C)C2CCC34)C1. The van der Waals surface area contributed by atoms with Crippen molar-refractivity contribution in [2.24, 2.45) is 34.5 Å². The third-order valence-electron chi connectivity index (χ3n) is 12.4. The van der Waals surface area contributed by atoms with Gasteiger partial charge < -0.3 is 14.5 Å². The number of carbonyl (C=O) groups excluding carboxylic acids is 2. The predicted octanol–water partition coefficient (Wildman–Crippen LogP) is 5.88. The third-order valence-corrected chi connectivity index (χ3v) is 12.4. The lowest BCUT2D eigenvalue weighted by atomic mass is 9.47. The maximum Gasteiger partial charge on any atom is 0.303 e. The number of ether oxygens (including phenoxy) is 1. The Morgan fingerprint density at radius 1 is 1.08 bits per heavy atom. The molecule has 1 amide bonds. The van der Waals surface area contributed by atoms with Crippen LogP contribution in [0, 0.1) is 34.5 Å². The Morgan fingerprint density at radius 3 is 2.56 bits per heavy atom. The fraction of sp³-hybridized carbons (Fsp3) is 0.706. The van der Waals surface area contributed by atoms with E-state index in [9.17, 15) is 9.59 Å². The highest BCUT2D eigenvalue weighted by Gasteiger charge is 2.64. The van der Waals surface area contributed by atoms with Crippen LogP contribution >= 0.6 is 0 Å². The van der Waals surface area contributed by atoms with Gasteiger partial charge in [-0.2, -0.15) is 0 Å². The van der Waals surface area contributed by atoms with Gasteiger partial charge in [0.05, 0.1) is 0 Å². The molecular formula is C34H48N2O3. The molecule has 5 heteroatoms. The van der Waals surface area contributed by atoms with Crippen LogP contribution in [0.5, 0.6) is 0 Å². The number of hydrogen-bond acceptors (Lipinski definition) is 4. The number of allylic oxidation sites excluding steroid dienone is 1. The van der Waals surface area contributed by atoms with Crippen molar-refractivity contribution in [1.82, 2.24) is 9.80 Å². The van der Waals surface area contributed by atoms with Crippen molar-refractivity contribution < 1.29 is 14.3 Å². The van der Waals surface area contributed by atoms with Gasteiger partial charge in [-0.15, -0.1) is 0 Å². The number of amides is 1. The number of nitrogens with zero attached hydrogens (tertiary/aromatic N) is 2. The number of rotatable bonds is 5. The second-order valence-corrected chi connectivity index (χ2v) is 14.0. The molecule has 0 aromatic heterocycles. The molecule has 212 valence electrons. The van der Waals surface area contributed by atoms with Crippen molar-refractivity contribution in [2.75, 3.05) is 20.6 Å². The molecule has 1 aliphatic heterocycles. The normalized spacial score (nSPS) is 40.0.